The Morgan fingerprint density at radius 1 is 1.33 bits per heavy atom. The van der Waals surface area contributed by atoms with Gasteiger partial charge in [-0.05, 0) is 64.1 Å². The van der Waals surface area contributed by atoms with Crippen molar-refractivity contribution in [2.45, 2.75) is 51.6 Å². The van der Waals surface area contributed by atoms with Gasteiger partial charge in [-0.25, -0.2) is 4.98 Å². The number of fused-ring (bicyclic) bond motifs is 2. The van der Waals surface area contributed by atoms with E-state index in [1.807, 2.05) is 19.9 Å². The SMILES string of the molecule is Cc1cc(C)c(C#N)c(NCC2CC3CCC(C2)N3C)n1. The maximum atomic E-state index is 9.32. The number of hydrogen-bond donors (Lipinski definition) is 1. The summed E-state index contributed by atoms with van der Waals surface area (Å²) in [5.74, 6) is 1.47. The normalized spacial score (nSPS) is 28.4. The van der Waals surface area contributed by atoms with Gasteiger partial charge in [-0.3, -0.25) is 0 Å². The minimum Gasteiger partial charge on any atom is -0.369 e. The van der Waals surface area contributed by atoms with Crippen molar-refractivity contribution in [3.63, 3.8) is 0 Å². The number of rotatable bonds is 3. The molecule has 112 valence electrons. The minimum atomic E-state index is 0.691. The van der Waals surface area contributed by atoms with E-state index in [0.717, 1.165) is 35.7 Å². The molecule has 2 saturated heterocycles. The van der Waals surface area contributed by atoms with Gasteiger partial charge in [-0.1, -0.05) is 0 Å². The van der Waals surface area contributed by atoms with Crippen molar-refractivity contribution >= 4 is 5.82 Å². The van der Waals surface area contributed by atoms with Crippen molar-refractivity contribution in [3.05, 3.63) is 22.9 Å². The number of nitriles is 1. The Bertz CT molecular complexity index is 561. The second-order valence-corrected chi connectivity index (χ2v) is 6.68. The molecule has 1 aromatic heterocycles. The molecule has 2 bridgehead atoms. The zero-order chi connectivity index (χ0) is 15.0. The number of hydrogen-bond acceptors (Lipinski definition) is 4. The van der Waals surface area contributed by atoms with Gasteiger partial charge in [-0.2, -0.15) is 5.26 Å². The van der Waals surface area contributed by atoms with Crippen LogP contribution in [0.5, 0.6) is 0 Å². The molecule has 1 aromatic rings. The first-order valence-electron chi connectivity index (χ1n) is 7.92. The average molecular weight is 284 g/mol. The molecule has 0 aromatic carbocycles. The highest BCUT2D eigenvalue weighted by Crippen LogP contribution is 2.37. The number of aryl methyl sites for hydroxylation is 2. The van der Waals surface area contributed by atoms with Crippen LogP contribution in [0.2, 0.25) is 0 Å². The van der Waals surface area contributed by atoms with E-state index < -0.39 is 0 Å². The Hall–Kier alpha value is -1.60. The summed E-state index contributed by atoms with van der Waals surface area (Å²) < 4.78 is 0. The highest BCUT2D eigenvalue weighted by molar-refractivity contribution is 5.56. The highest BCUT2D eigenvalue weighted by atomic mass is 15.2. The fourth-order valence-electron chi connectivity index (χ4n) is 4.04. The Balaban J connectivity index is 1.68. The van der Waals surface area contributed by atoms with Crippen LogP contribution in [0.15, 0.2) is 6.07 Å². The molecule has 2 fully saturated rings. The molecule has 21 heavy (non-hydrogen) atoms. The van der Waals surface area contributed by atoms with E-state index in [9.17, 15) is 5.26 Å². The van der Waals surface area contributed by atoms with Crippen LogP contribution in [0.1, 0.15) is 42.5 Å². The highest BCUT2D eigenvalue weighted by Gasteiger charge is 2.38. The van der Waals surface area contributed by atoms with Crippen LogP contribution in [0.25, 0.3) is 0 Å². The summed E-state index contributed by atoms with van der Waals surface area (Å²) >= 11 is 0. The molecule has 0 radical (unpaired) electrons. The molecular weight excluding hydrogens is 260 g/mol. The van der Waals surface area contributed by atoms with Gasteiger partial charge in [0.1, 0.15) is 11.9 Å². The molecule has 0 spiro atoms. The molecule has 0 amide bonds. The Kier molecular flexibility index (Phi) is 3.86. The number of aromatic nitrogens is 1. The van der Waals surface area contributed by atoms with E-state index in [1.54, 1.807) is 0 Å². The third-order valence-corrected chi connectivity index (χ3v) is 5.21. The van der Waals surface area contributed by atoms with Gasteiger partial charge in [0.15, 0.2) is 0 Å². The third-order valence-electron chi connectivity index (χ3n) is 5.21. The Labute approximate surface area is 127 Å². The first-order valence-corrected chi connectivity index (χ1v) is 7.92. The maximum Gasteiger partial charge on any atom is 0.144 e. The lowest BCUT2D eigenvalue weighted by molar-refractivity contribution is 0.139. The van der Waals surface area contributed by atoms with Crippen LogP contribution in [0.4, 0.5) is 5.82 Å². The van der Waals surface area contributed by atoms with Gasteiger partial charge in [0.25, 0.3) is 0 Å². The quantitative estimate of drug-likeness (QED) is 0.927. The topological polar surface area (TPSA) is 52.0 Å². The van der Waals surface area contributed by atoms with Crippen molar-refractivity contribution in [1.29, 1.82) is 5.26 Å². The van der Waals surface area contributed by atoms with Gasteiger partial charge in [0.2, 0.25) is 0 Å². The second-order valence-electron chi connectivity index (χ2n) is 6.68. The lowest BCUT2D eigenvalue weighted by Gasteiger charge is -2.36. The van der Waals surface area contributed by atoms with Gasteiger partial charge >= 0.3 is 0 Å². The van der Waals surface area contributed by atoms with Crippen LogP contribution in [0, 0.1) is 31.1 Å². The average Bonchev–Trinajstić information content (AvgIpc) is 2.67. The van der Waals surface area contributed by atoms with E-state index in [1.165, 1.54) is 25.7 Å². The zero-order valence-corrected chi connectivity index (χ0v) is 13.2. The monoisotopic (exact) mass is 284 g/mol. The lowest BCUT2D eigenvalue weighted by atomic mass is 9.91. The molecule has 3 heterocycles. The standard InChI is InChI=1S/C17H24N4/c1-11-6-12(2)20-17(16(11)9-18)19-10-13-7-14-4-5-15(8-13)21(14)3/h6,13-15H,4-5,7-8,10H2,1-3H3,(H,19,20). The number of nitrogens with one attached hydrogen (secondary N) is 1. The summed E-state index contributed by atoms with van der Waals surface area (Å²) in [6.07, 6.45) is 5.24. The van der Waals surface area contributed by atoms with Crippen LogP contribution in [0.3, 0.4) is 0 Å². The minimum absolute atomic E-state index is 0.691. The van der Waals surface area contributed by atoms with Gasteiger partial charge in [-0.15, -0.1) is 0 Å². The largest absolute Gasteiger partial charge is 0.369 e. The molecule has 2 atom stereocenters. The molecule has 0 aliphatic carbocycles. The number of nitrogens with zero attached hydrogens (tertiary/aromatic N) is 3. The van der Waals surface area contributed by atoms with Gasteiger partial charge < -0.3 is 10.2 Å². The van der Waals surface area contributed by atoms with E-state index in [2.05, 4.69) is 28.3 Å². The smallest absolute Gasteiger partial charge is 0.144 e. The van der Waals surface area contributed by atoms with Crippen molar-refractivity contribution in [1.82, 2.24) is 9.88 Å². The van der Waals surface area contributed by atoms with Crippen molar-refractivity contribution in [2.75, 3.05) is 18.9 Å². The predicted octanol–water partition coefficient (Wildman–Crippen LogP) is 2.85. The molecule has 4 nitrogen and oxygen atoms in total. The Morgan fingerprint density at radius 3 is 2.62 bits per heavy atom. The Morgan fingerprint density at radius 2 is 2.00 bits per heavy atom. The number of pyridine rings is 1. The molecule has 2 unspecified atom stereocenters. The molecule has 1 N–H and O–H groups in total. The summed E-state index contributed by atoms with van der Waals surface area (Å²) in [6, 6.07) is 5.78. The zero-order valence-electron chi connectivity index (χ0n) is 13.2. The van der Waals surface area contributed by atoms with E-state index in [0.29, 0.717) is 11.5 Å². The molecule has 2 aliphatic rings. The third kappa shape index (κ3) is 2.75. The van der Waals surface area contributed by atoms with Crippen LogP contribution >= 0.6 is 0 Å². The first-order chi connectivity index (χ1) is 10.1. The molecule has 0 saturated carbocycles. The molecular formula is C17H24N4. The molecule has 4 heteroatoms. The number of piperidine rings is 1. The van der Waals surface area contributed by atoms with Crippen molar-refractivity contribution in [3.8, 4) is 6.07 Å². The maximum absolute atomic E-state index is 9.32. The van der Waals surface area contributed by atoms with Crippen LogP contribution in [-0.2, 0) is 0 Å². The van der Waals surface area contributed by atoms with Crippen molar-refractivity contribution in [2.24, 2.45) is 5.92 Å². The van der Waals surface area contributed by atoms with E-state index in [-0.39, 0.29) is 0 Å². The van der Waals surface area contributed by atoms with Crippen LogP contribution < -0.4 is 5.32 Å². The summed E-state index contributed by atoms with van der Waals surface area (Å²) in [5, 5.41) is 12.8. The lowest BCUT2D eigenvalue weighted by Crippen LogP contribution is -2.41. The summed E-state index contributed by atoms with van der Waals surface area (Å²) in [7, 11) is 2.27. The first kappa shape index (κ1) is 14.3. The fraction of sp³-hybridized carbons (Fsp3) is 0.647. The van der Waals surface area contributed by atoms with Crippen LogP contribution in [-0.4, -0.2) is 35.6 Å². The molecule has 2 aliphatic heterocycles. The van der Waals surface area contributed by atoms with Crippen molar-refractivity contribution < 1.29 is 0 Å². The second kappa shape index (κ2) is 5.65. The van der Waals surface area contributed by atoms with Gasteiger partial charge in [0.05, 0.1) is 5.56 Å². The van der Waals surface area contributed by atoms with E-state index >= 15 is 0 Å². The number of anilines is 1. The summed E-state index contributed by atoms with van der Waals surface area (Å²) in [5.41, 5.74) is 2.67. The summed E-state index contributed by atoms with van der Waals surface area (Å²) in [6.45, 7) is 4.90. The van der Waals surface area contributed by atoms with E-state index in [4.69, 9.17) is 0 Å². The molecule has 3 rings (SSSR count). The van der Waals surface area contributed by atoms with Gasteiger partial charge in [0, 0.05) is 24.3 Å². The predicted molar refractivity (Wildman–Crippen MR) is 84.2 cm³/mol. The summed E-state index contributed by atoms with van der Waals surface area (Å²) in [4.78, 5) is 7.08. The fourth-order valence-corrected chi connectivity index (χ4v) is 4.04.